The smallest absolute Gasteiger partial charge is 0.306 e. The van der Waals surface area contributed by atoms with Gasteiger partial charge in [0.1, 0.15) is 5.75 Å². The van der Waals surface area contributed by atoms with Crippen LogP contribution in [0.15, 0.2) is 18.2 Å². The molecule has 0 unspecified atom stereocenters. The highest BCUT2D eigenvalue weighted by molar-refractivity contribution is 5.69. The van der Waals surface area contributed by atoms with Gasteiger partial charge in [-0.25, -0.2) is 0 Å². The number of phenols is 1. The van der Waals surface area contributed by atoms with E-state index in [1.54, 1.807) is 12.1 Å². The van der Waals surface area contributed by atoms with Gasteiger partial charge in [0.2, 0.25) is 0 Å². The van der Waals surface area contributed by atoms with Crippen molar-refractivity contribution in [2.45, 2.75) is 32.6 Å². The van der Waals surface area contributed by atoms with Gasteiger partial charge in [0.05, 0.1) is 12.3 Å². The maximum Gasteiger partial charge on any atom is 0.306 e. The van der Waals surface area contributed by atoms with Gasteiger partial charge in [-0.05, 0) is 30.5 Å². The van der Waals surface area contributed by atoms with E-state index in [2.05, 4.69) is 0 Å². The first-order valence-corrected chi connectivity index (χ1v) is 5.86. The molecule has 3 N–H and O–H groups in total. The molecule has 1 aromatic rings. The third kappa shape index (κ3) is 4.76. The highest BCUT2D eigenvalue weighted by Gasteiger charge is 2.04. The standard InChI is InChI=1S/C13H19NO3/c1-2-3-8-17-13(16)7-5-10-4-6-12(15)11(14)9-10/h4,6,9,15H,2-3,5,7-8,14H2,1H3. The molecule has 94 valence electrons. The van der Waals surface area contributed by atoms with Crippen LogP contribution in [0.25, 0.3) is 0 Å². The van der Waals surface area contributed by atoms with Gasteiger partial charge in [0.15, 0.2) is 0 Å². The lowest BCUT2D eigenvalue weighted by molar-refractivity contribution is -0.143. The number of aryl methyl sites for hydroxylation is 1. The number of aromatic hydroxyl groups is 1. The molecule has 0 aromatic heterocycles. The molecule has 0 saturated carbocycles. The summed E-state index contributed by atoms with van der Waals surface area (Å²) < 4.78 is 5.04. The zero-order valence-corrected chi connectivity index (χ0v) is 10.1. The first kappa shape index (κ1) is 13.4. The van der Waals surface area contributed by atoms with E-state index in [9.17, 15) is 9.90 Å². The molecule has 0 bridgehead atoms. The Morgan fingerprint density at radius 3 is 2.88 bits per heavy atom. The Balaban J connectivity index is 2.34. The van der Waals surface area contributed by atoms with E-state index >= 15 is 0 Å². The molecule has 0 aliphatic rings. The van der Waals surface area contributed by atoms with Gasteiger partial charge in [-0.15, -0.1) is 0 Å². The summed E-state index contributed by atoms with van der Waals surface area (Å²) in [5.41, 5.74) is 6.82. The van der Waals surface area contributed by atoms with Crippen molar-refractivity contribution < 1.29 is 14.6 Å². The van der Waals surface area contributed by atoms with Crippen molar-refractivity contribution in [3.63, 3.8) is 0 Å². The largest absolute Gasteiger partial charge is 0.506 e. The van der Waals surface area contributed by atoms with Crippen LogP contribution in [0.1, 0.15) is 31.7 Å². The molecule has 0 aliphatic carbocycles. The van der Waals surface area contributed by atoms with Crippen LogP contribution < -0.4 is 5.73 Å². The molecule has 0 radical (unpaired) electrons. The summed E-state index contributed by atoms with van der Waals surface area (Å²) in [7, 11) is 0. The molecule has 4 nitrogen and oxygen atoms in total. The van der Waals surface area contributed by atoms with Crippen molar-refractivity contribution >= 4 is 11.7 Å². The summed E-state index contributed by atoms with van der Waals surface area (Å²) in [4.78, 5) is 11.3. The Labute approximate surface area is 101 Å². The second-order valence-corrected chi connectivity index (χ2v) is 3.97. The number of carbonyl (C=O) groups excluding carboxylic acids is 1. The minimum absolute atomic E-state index is 0.0688. The number of carbonyl (C=O) groups is 1. The number of nitrogens with two attached hydrogens (primary N) is 1. The van der Waals surface area contributed by atoms with E-state index in [-0.39, 0.29) is 11.7 Å². The van der Waals surface area contributed by atoms with Gasteiger partial charge < -0.3 is 15.6 Å². The number of rotatable bonds is 6. The normalized spacial score (nSPS) is 10.2. The molecule has 1 aromatic carbocycles. The predicted octanol–water partition coefficient (Wildman–Crippen LogP) is 2.25. The maximum absolute atomic E-state index is 11.3. The third-order valence-electron chi connectivity index (χ3n) is 2.47. The van der Waals surface area contributed by atoms with E-state index in [1.807, 2.05) is 6.92 Å². The lowest BCUT2D eigenvalue weighted by Crippen LogP contribution is -2.07. The second-order valence-electron chi connectivity index (χ2n) is 3.97. The van der Waals surface area contributed by atoms with Crippen LogP contribution in [0.3, 0.4) is 0 Å². The number of esters is 1. The van der Waals surface area contributed by atoms with Crippen LogP contribution in [0, 0.1) is 0 Å². The molecule has 0 fully saturated rings. The molecule has 1 rings (SSSR count). The van der Waals surface area contributed by atoms with Gasteiger partial charge in [-0.2, -0.15) is 0 Å². The van der Waals surface area contributed by atoms with Crippen LogP contribution in [0.4, 0.5) is 5.69 Å². The van der Waals surface area contributed by atoms with Gasteiger partial charge in [-0.3, -0.25) is 4.79 Å². The number of unbranched alkanes of at least 4 members (excludes halogenated alkanes) is 1. The molecular weight excluding hydrogens is 218 g/mol. The van der Waals surface area contributed by atoms with E-state index in [1.165, 1.54) is 6.07 Å². The summed E-state index contributed by atoms with van der Waals surface area (Å²) in [5.74, 6) is -0.121. The Hall–Kier alpha value is -1.71. The van der Waals surface area contributed by atoms with Gasteiger partial charge in [-0.1, -0.05) is 19.4 Å². The number of benzene rings is 1. The second kappa shape index (κ2) is 6.78. The van der Waals surface area contributed by atoms with Crippen molar-refractivity contribution in [1.82, 2.24) is 0 Å². The average molecular weight is 237 g/mol. The SMILES string of the molecule is CCCCOC(=O)CCc1ccc(O)c(N)c1. The van der Waals surface area contributed by atoms with Crippen LogP contribution >= 0.6 is 0 Å². The highest BCUT2D eigenvalue weighted by Crippen LogP contribution is 2.21. The number of ether oxygens (including phenoxy) is 1. The summed E-state index contributed by atoms with van der Waals surface area (Å²) in [6.07, 6.45) is 2.84. The highest BCUT2D eigenvalue weighted by atomic mass is 16.5. The summed E-state index contributed by atoms with van der Waals surface area (Å²) in [6.45, 7) is 2.54. The number of hydrogen-bond donors (Lipinski definition) is 2. The zero-order chi connectivity index (χ0) is 12.7. The summed E-state index contributed by atoms with van der Waals surface area (Å²) >= 11 is 0. The van der Waals surface area contributed by atoms with Crippen molar-refractivity contribution in [3.05, 3.63) is 23.8 Å². The van der Waals surface area contributed by atoms with E-state index in [0.29, 0.717) is 25.1 Å². The van der Waals surface area contributed by atoms with Crippen LogP contribution in [0.2, 0.25) is 0 Å². The maximum atomic E-state index is 11.3. The Morgan fingerprint density at radius 2 is 2.24 bits per heavy atom. The van der Waals surface area contributed by atoms with Crippen molar-refractivity contribution in [1.29, 1.82) is 0 Å². The van der Waals surface area contributed by atoms with Gasteiger partial charge in [0.25, 0.3) is 0 Å². The predicted molar refractivity (Wildman–Crippen MR) is 66.7 cm³/mol. The van der Waals surface area contributed by atoms with Crippen LogP contribution in [-0.2, 0) is 16.0 Å². The fourth-order valence-electron chi connectivity index (χ4n) is 1.41. The zero-order valence-electron chi connectivity index (χ0n) is 10.1. The topological polar surface area (TPSA) is 72.5 Å². The van der Waals surface area contributed by atoms with E-state index in [4.69, 9.17) is 10.5 Å². The van der Waals surface area contributed by atoms with Crippen molar-refractivity contribution in [2.24, 2.45) is 0 Å². The van der Waals surface area contributed by atoms with Crippen LogP contribution in [-0.4, -0.2) is 17.7 Å². The van der Waals surface area contributed by atoms with E-state index < -0.39 is 0 Å². The Kier molecular flexibility index (Phi) is 5.33. The lowest BCUT2D eigenvalue weighted by Gasteiger charge is -2.05. The lowest BCUT2D eigenvalue weighted by atomic mass is 10.1. The average Bonchev–Trinajstić information content (AvgIpc) is 2.31. The van der Waals surface area contributed by atoms with Crippen LogP contribution in [0.5, 0.6) is 5.75 Å². The van der Waals surface area contributed by atoms with Gasteiger partial charge >= 0.3 is 5.97 Å². The molecule has 0 aliphatic heterocycles. The molecule has 4 heteroatoms. The van der Waals surface area contributed by atoms with Gasteiger partial charge in [0, 0.05) is 6.42 Å². The first-order valence-electron chi connectivity index (χ1n) is 5.86. The minimum Gasteiger partial charge on any atom is -0.506 e. The number of hydrogen-bond acceptors (Lipinski definition) is 4. The molecule has 0 saturated heterocycles. The summed E-state index contributed by atoms with van der Waals surface area (Å²) in [5, 5.41) is 9.25. The molecule has 0 heterocycles. The minimum atomic E-state index is -0.190. The van der Waals surface area contributed by atoms with Crippen molar-refractivity contribution in [3.8, 4) is 5.75 Å². The number of nitrogen functional groups attached to an aromatic ring is 1. The quantitative estimate of drug-likeness (QED) is 0.344. The Morgan fingerprint density at radius 1 is 1.47 bits per heavy atom. The molecule has 0 spiro atoms. The fourth-order valence-corrected chi connectivity index (χ4v) is 1.41. The summed E-state index contributed by atoms with van der Waals surface area (Å²) in [6, 6.07) is 4.97. The Bertz CT molecular complexity index is 377. The molecule has 17 heavy (non-hydrogen) atoms. The number of phenolic OH excluding ortho intramolecular Hbond substituents is 1. The fraction of sp³-hybridized carbons (Fsp3) is 0.462. The monoisotopic (exact) mass is 237 g/mol. The molecular formula is C13H19NO3. The van der Waals surface area contributed by atoms with E-state index in [0.717, 1.165) is 18.4 Å². The molecule has 0 atom stereocenters. The third-order valence-corrected chi connectivity index (χ3v) is 2.47. The number of anilines is 1. The molecule has 0 amide bonds. The van der Waals surface area contributed by atoms with Crippen molar-refractivity contribution in [2.75, 3.05) is 12.3 Å². The first-order chi connectivity index (χ1) is 8.13.